The minimum Gasteiger partial charge on any atom is -0.497 e. The third-order valence-electron chi connectivity index (χ3n) is 8.80. The standard InChI is InChI=1S/C29H39N3O4/c1-18(27(34)31-17-20-6-5-15-30-16-20)23-11-13-29(3)14-12-24(19(2)25(29)26(23)33)32-28(35)21-7-9-22(36-4)10-8-21/h5-10,15-16,18-19,23-26,33H,11-14,17H2,1-4H3,(H,31,34)(H,32,35)/t18-,19+,23-,24-,25+,26-,29-/m0/s1. The van der Waals surface area contributed by atoms with Crippen LogP contribution in [0, 0.1) is 29.1 Å². The van der Waals surface area contributed by atoms with Crippen LogP contribution >= 0.6 is 0 Å². The van der Waals surface area contributed by atoms with Crippen molar-refractivity contribution in [3.63, 3.8) is 0 Å². The smallest absolute Gasteiger partial charge is 0.251 e. The molecule has 0 bridgehead atoms. The Hall–Kier alpha value is -2.93. The van der Waals surface area contributed by atoms with Gasteiger partial charge in [0, 0.05) is 36.5 Å². The van der Waals surface area contributed by atoms with Gasteiger partial charge in [0.25, 0.3) is 5.91 Å². The highest BCUT2D eigenvalue weighted by atomic mass is 16.5. The summed E-state index contributed by atoms with van der Waals surface area (Å²) in [4.78, 5) is 30.0. The van der Waals surface area contributed by atoms with Crippen molar-refractivity contribution < 1.29 is 19.4 Å². The summed E-state index contributed by atoms with van der Waals surface area (Å²) in [6, 6.07) is 10.9. The number of aliphatic hydroxyl groups excluding tert-OH is 1. The van der Waals surface area contributed by atoms with E-state index in [1.165, 1.54) is 0 Å². The summed E-state index contributed by atoms with van der Waals surface area (Å²) in [5, 5.41) is 17.9. The summed E-state index contributed by atoms with van der Waals surface area (Å²) in [6.07, 6.45) is 6.49. The quantitative estimate of drug-likeness (QED) is 0.542. The number of rotatable bonds is 7. The first-order valence-electron chi connectivity index (χ1n) is 13.0. The van der Waals surface area contributed by atoms with E-state index in [2.05, 4.69) is 29.5 Å². The van der Waals surface area contributed by atoms with E-state index >= 15 is 0 Å². The van der Waals surface area contributed by atoms with Gasteiger partial charge in [0.05, 0.1) is 13.2 Å². The number of nitrogens with one attached hydrogen (secondary N) is 2. The molecule has 2 fully saturated rings. The number of aliphatic hydroxyl groups is 1. The molecule has 2 amide bonds. The molecule has 2 aromatic rings. The Morgan fingerprint density at radius 1 is 1.19 bits per heavy atom. The molecule has 2 saturated carbocycles. The molecule has 2 aliphatic rings. The van der Waals surface area contributed by atoms with E-state index in [1.807, 2.05) is 19.1 Å². The second-order valence-corrected chi connectivity index (χ2v) is 10.9. The number of pyridine rings is 1. The molecule has 0 spiro atoms. The van der Waals surface area contributed by atoms with Gasteiger partial charge in [-0.3, -0.25) is 14.6 Å². The minimum absolute atomic E-state index is 0.00256. The zero-order valence-electron chi connectivity index (χ0n) is 21.7. The summed E-state index contributed by atoms with van der Waals surface area (Å²) in [6.45, 7) is 6.75. The summed E-state index contributed by atoms with van der Waals surface area (Å²) in [7, 11) is 1.60. The molecule has 2 aliphatic carbocycles. The molecular weight excluding hydrogens is 454 g/mol. The third kappa shape index (κ3) is 5.41. The molecule has 1 aromatic carbocycles. The summed E-state index contributed by atoms with van der Waals surface area (Å²) in [5.41, 5.74) is 1.55. The van der Waals surface area contributed by atoms with Crippen LogP contribution in [0.4, 0.5) is 0 Å². The number of nitrogens with zero attached hydrogens (tertiary/aromatic N) is 1. The largest absolute Gasteiger partial charge is 0.497 e. The summed E-state index contributed by atoms with van der Waals surface area (Å²) in [5.74, 6) is 0.248. The van der Waals surface area contributed by atoms with E-state index in [4.69, 9.17) is 4.74 Å². The number of ether oxygens (including phenoxy) is 1. The fourth-order valence-electron chi connectivity index (χ4n) is 6.54. The third-order valence-corrected chi connectivity index (χ3v) is 8.80. The first-order valence-corrected chi connectivity index (χ1v) is 13.0. The lowest BCUT2D eigenvalue weighted by molar-refractivity contribution is -0.142. The molecule has 194 valence electrons. The van der Waals surface area contributed by atoms with Crippen LogP contribution in [0.5, 0.6) is 5.75 Å². The highest BCUT2D eigenvalue weighted by Gasteiger charge is 2.53. The first kappa shape index (κ1) is 26.1. The average Bonchev–Trinajstić information content (AvgIpc) is 2.89. The number of amides is 2. The van der Waals surface area contributed by atoms with Crippen molar-refractivity contribution in [1.29, 1.82) is 0 Å². The van der Waals surface area contributed by atoms with E-state index in [1.54, 1.807) is 43.8 Å². The van der Waals surface area contributed by atoms with Crippen molar-refractivity contribution in [3.05, 3.63) is 59.9 Å². The molecule has 7 heteroatoms. The lowest BCUT2D eigenvalue weighted by Gasteiger charge is -2.56. The number of hydrogen-bond donors (Lipinski definition) is 3. The van der Waals surface area contributed by atoms with Gasteiger partial charge < -0.3 is 20.5 Å². The van der Waals surface area contributed by atoms with E-state index in [9.17, 15) is 14.7 Å². The number of aromatic nitrogens is 1. The number of methoxy groups -OCH3 is 1. The van der Waals surface area contributed by atoms with Crippen LogP contribution in [0.2, 0.25) is 0 Å². The number of benzene rings is 1. The fourth-order valence-corrected chi connectivity index (χ4v) is 6.54. The molecule has 7 nitrogen and oxygen atoms in total. The van der Waals surface area contributed by atoms with Crippen LogP contribution in [0.25, 0.3) is 0 Å². The van der Waals surface area contributed by atoms with E-state index < -0.39 is 6.10 Å². The van der Waals surface area contributed by atoms with Crippen LogP contribution in [0.3, 0.4) is 0 Å². The van der Waals surface area contributed by atoms with Gasteiger partial charge in [0.2, 0.25) is 5.91 Å². The Kier molecular flexibility index (Phi) is 7.98. The van der Waals surface area contributed by atoms with Gasteiger partial charge in [-0.25, -0.2) is 0 Å². The van der Waals surface area contributed by atoms with Gasteiger partial charge >= 0.3 is 0 Å². The van der Waals surface area contributed by atoms with Crippen LogP contribution in [0.15, 0.2) is 48.8 Å². The Morgan fingerprint density at radius 2 is 1.92 bits per heavy atom. The first-order chi connectivity index (χ1) is 17.2. The monoisotopic (exact) mass is 493 g/mol. The maximum atomic E-state index is 13.0. The van der Waals surface area contributed by atoms with E-state index in [-0.39, 0.29) is 46.9 Å². The molecule has 0 aliphatic heterocycles. The number of fused-ring (bicyclic) bond motifs is 1. The molecule has 36 heavy (non-hydrogen) atoms. The molecular formula is C29H39N3O4. The predicted molar refractivity (Wildman–Crippen MR) is 138 cm³/mol. The van der Waals surface area contributed by atoms with Crippen molar-refractivity contribution in [3.8, 4) is 5.75 Å². The Bertz CT molecular complexity index is 1040. The lowest BCUT2D eigenvalue weighted by atomic mass is 9.51. The Morgan fingerprint density at radius 3 is 2.58 bits per heavy atom. The van der Waals surface area contributed by atoms with Gasteiger partial charge in [-0.05, 0) is 84.7 Å². The van der Waals surface area contributed by atoms with Crippen LogP contribution in [0.1, 0.15) is 62.4 Å². The number of carbonyl (C=O) groups excluding carboxylic acids is 2. The molecule has 0 saturated heterocycles. The van der Waals surface area contributed by atoms with Crippen molar-refractivity contribution in [2.45, 2.75) is 65.1 Å². The highest BCUT2D eigenvalue weighted by molar-refractivity contribution is 5.94. The van der Waals surface area contributed by atoms with Crippen LogP contribution in [-0.4, -0.2) is 41.2 Å². The van der Waals surface area contributed by atoms with Gasteiger partial charge in [-0.1, -0.05) is 26.8 Å². The Labute approximate surface area is 214 Å². The minimum atomic E-state index is -0.599. The highest BCUT2D eigenvalue weighted by Crippen LogP contribution is 2.55. The second-order valence-electron chi connectivity index (χ2n) is 10.9. The zero-order chi connectivity index (χ0) is 25.9. The van der Waals surface area contributed by atoms with Crippen LogP contribution < -0.4 is 15.4 Å². The topological polar surface area (TPSA) is 101 Å². The van der Waals surface area contributed by atoms with Crippen molar-refractivity contribution in [1.82, 2.24) is 15.6 Å². The van der Waals surface area contributed by atoms with Crippen molar-refractivity contribution in [2.24, 2.45) is 29.1 Å². The Balaban J connectivity index is 1.41. The molecule has 7 atom stereocenters. The maximum absolute atomic E-state index is 13.0. The van der Waals surface area contributed by atoms with E-state index in [0.29, 0.717) is 17.9 Å². The van der Waals surface area contributed by atoms with Gasteiger partial charge in [0.1, 0.15) is 5.75 Å². The summed E-state index contributed by atoms with van der Waals surface area (Å²) >= 11 is 0. The molecule has 3 N–H and O–H groups in total. The second kappa shape index (κ2) is 11.0. The summed E-state index contributed by atoms with van der Waals surface area (Å²) < 4.78 is 5.19. The van der Waals surface area contributed by atoms with Crippen molar-refractivity contribution in [2.75, 3.05) is 7.11 Å². The van der Waals surface area contributed by atoms with Gasteiger partial charge in [-0.2, -0.15) is 0 Å². The molecule has 1 aromatic heterocycles. The predicted octanol–water partition coefficient (Wildman–Crippen LogP) is 3.96. The van der Waals surface area contributed by atoms with Gasteiger partial charge in [-0.15, -0.1) is 0 Å². The normalized spacial score (nSPS) is 30.5. The lowest BCUT2D eigenvalue weighted by Crippen LogP contribution is -2.58. The van der Waals surface area contributed by atoms with Crippen molar-refractivity contribution >= 4 is 11.8 Å². The average molecular weight is 494 g/mol. The fraction of sp³-hybridized carbons (Fsp3) is 0.552. The number of hydrogen-bond acceptors (Lipinski definition) is 5. The number of carbonyl (C=O) groups is 2. The SMILES string of the molecule is COc1ccc(C(=O)N[C@H]2CC[C@]3(C)CC[C@@H]([C@H](C)C(=O)NCc4cccnc4)[C@H](O)[C@H]3[C@@H]2C)cc1. The molecule has 1 heterocycles. The molecule has 0 radical (unpaired) electrons. The van der Waals surface area contributed by atoms with Crippen LogP contribution in [-0.2, 0) is 11.3 Å². The van der Waals surface area contributed by atoms with Gasteiger partial charge in [0.15, 0.2) is 0 Å². The zero-order valence-corrected chi connectivity index (χ0v) is 21.7. The molecule has 0 unspecified atom stereocenters. The maximum Gasteiger partial charge on any atom is 0.251 e. The van der Waals surface area contributed by atoms with E-state index in [0.717, 1.165) is 31.2 Å². The molecule has 4 rings (SSSR count).